The average Bonchev–Trinajstić information content (AvgIpc) is 3.18. The van der Waals surface area contributed by atoms with Gasteiger partial charge in [-0.1, -0.05) is 24.3 Å². The van der Waals surface area contributed by atoms with Crippen molar-refractivity contribution in [3.8, 4) is 11.5 Å². The standard InChI is InChI=1S/C21H17N3O4S/c25-19(11-13-29(26,27)17-8-2-1-3-9-17)23-16-7-4-6-15(14-16)21-24-20-18(28-21)10-5-12-22-20/h1-10,12,14H,11,13H2,(H,23,25). The third kappa shape index (κ3) is 4.33. The number of pyridine rings is 1. The first kappa shape index (κ1) is 18.8. The topological polar surface area (TPSA) is 102 Å². The first-order chi connectivity index (χ1) is 14.0. The number of sulfone groups is 1. The number of carbonyl (C=O) groups is 1. The van der Waals surface area contributed by atoms with Crippen LogP contribution in [0.2, 0.25) is 0 Å². The minimum absolute atomic E-state index is 0.145. The Bertz CT molecular complexity index is 1230. The van der Waals surface area contributed by atoms with Crippen LogP contribution in [-0.2, 0) is 14.6 Å². The van der Waals surface area contributed by atoms with E-state index in [2.05, 4.69) is 15.3 Å². The minimum atomic E-state index is -3.51. The van der Waals surface area contributed by atoms with Crippen LogP contribution in [0.25, 0.3) is 22.7 Å². The number of anilines is 1. The van der Waals surface area contributed by atoms with E-state index in [-0.39, 0.29) is 23.0 Å². The number of hydrogen-bond donors (Lipinski definition) is 1. The van der Waals surface area contributed by atoms with Crippen molar-refractivity contribution in [2.24, 2.45) is 0 Å². The number of nitrogens with one attached hydrogen (secondary N) is 1. The summed E-state index contributed by atoms with van der Waals surface area (Å²) in [6, 6.07) is 18.6. The van der Waals surface area contributed by atoms with E-state index in [1.807, 2.05) is 0 Å². The van der Waals surface area contributed by atoms with E-state index in [1.54, 1.807) is 60.8 Å². The second-order valence-electron chi connectivity index (χ2n) is 6.36. The first-order valence-electron chi connectivity index (χ1n) is 8.91. The van der Waals surface area contributed by atoms with Gasteiger partial charge in [-0.05, 0) is 42.5 Å². The normalized spacial score (nSPS) is 11.4. The van der Waals surface area contributed by atoms with Crippen LogP contribution in [0.5, 0.6) is 0 Å². The number of hydrogen-bond acceptors (Lipinski definition) is 6. The molecule has 0 aliphatic rings. The number of aromatic nitrogens is 2. The predicted molar refractivity (Wildman–Crippen MR) is 109 cm³/mol. The Morgan fingerprint density at radius 3 is 2.62 bits per heavy atom. The lowest BCUT2D eigenvalue weighted by molar-refractivity contribution is -0.115. The van der Waals surface area contributed by atoms with Gasteiger partial charge in [-0.15, -0.1) is 0 Å². The molecule has 2 aromatic heterocycles. The Balaban J connectivity index is 1.44. The summed E-state index contributed by atoms with van der Waals surface area (Å²) in [5.74, 6) is -0.262. The zero-order valence-corrected chi connectivity index (χ0v) is 16.1. The predicted octanol–water partition coefficient (Wildman–Crippen LogP) is 3.69. The third-order valence-corrected chi connectivity index (χ3v) is 5.99. The maximum absolute atomic E-state index is 12.3. The molecule has 146 valence electrons. The molecule has 0 atom stereocenters. The largest absolute Gasteiger partial charge is 0.434 e. The Morgan fingerprint density at radius 1 is 1.00 bits per heavy atom. The minimum Gasteiger partial charge on any atom is -0.434 e. The van der Waals surface area contributed by atoms with Crippen LogP contribution >= 0.6 is 0 Å². The van der Waals surface area contributed by atoms with E-state index in [9.17, 15) is 13.2 Å². The van der Waals surface area contributed by atoms with Crippen molar-refractivity contribution in [3.05, 3.63) is 72.9 Å². The van der Waals surface area contributed by atoms with E-state index in [4.69, 9.17) is 4.42 Å². The molecule has 0 saturated carbocycles. The summed E-state index contributed by atoms with van der Waals surface area (Å²) >= 11 is 0. The van der Waals surface area contributed by atoms with Crippen LogP contribution in [0, 0.1) is 0 Å². The monoisotopic (exact) mass is 407 g/mol. The molecule has 0 radical (unpaired) electrons. The Labute approximate surface area is 167 Å². The second-order valence-corrected chi connectivity index (χ2v) is 8.46. The van der Waals surface area contributed by atoms with Gasteiger partial charge in [-0.3, -0.25) is 4.79 Å². The van der Waals surface area contributed by atoms with Crippen LogP contribution in [0.15, 0.2) is 82.2 Å². The van der Waals surface area contributed by atoms with Crippen LogP contribution < -0.4 is 5.32 Å². The number of fused-ring (bicyclic) bond motifs is 1. The van der Waals surface area contributed by atoms with Crippen molar-refractivity contribution >= 4 is 32.7 Å². The molecular formula is C21H17N3O4S. The van der Waals surface area contributed by atoms with Crippen molar-refractivity contribution in [2.45, 2.75) is 11.3 Å². The Kier molecular flexibility index (Phi) is 5.09. The van der Waals surface area contributed by atoms with E-state index in [0.717, 1.165) is 0 Å². The number of benzene rings is 2. The van der Waals surface area contributed by atoms with E-state index >= 15 is 0 Å². The molecule has 29 heavy (non-hydrogen) atoms. The molecule has 0 bridgehead atoms. The quantitative estimate of drug-likeness (QED) is 0.523. The summed E-state index contributed by atoms with van der Waals surface area (Å²) in [7, 11) is -3.51. The fraction of sp³-hybridized carbons (Fsp3) is 0.0952. The van der Waals surface area contributed by atoms with Gasteiger partial charge in [0.2, 0.25) is 11.8 Å². The summed E-state index contributed by atoms with van der Waals surface area (Å²) in [6.07, 6.45) is 1.49. The van der Waals surface area contributed by atoms with Gasteiger partial charge >= 0.3 is 0 Å². The van der Waals surface area contributed by atoms with E-state index < -0.39 is 9.84 Å². The van der Waals surface area contributed by atoms with Gasteiger partial charge < -0.3 is 9.73 Å². The molecule has 0 aliphatic carbocycles. The third-order valence-electron chi connectivity index (χ3n) is 4.26. The van der Waals surface area contributed by atoms with Crippen LogP contribution in [-0.4, -0.2) is 30.0 Å². The lowest BCUT2D eigenvalue weighted by atomic mass is 10.2. The molecule has 4 aromatic rings. The fourth-order valence-corrected chi connectivity index (χ4v) is 4.08. The van der Waals surface area contributed by atoms with Crippen LogP contribution in [0.1, 0.15) is 6.42 Å². The maximum atomic E-state index is 12.3. The molecule has 4 rings (SSSR count). The number of carbonyl (C=O) groups excluding carboxylic acids is 1. The average molecular weight is 407 g/mol. The van der Waals surface area contributed by atoms with Gasteiger partial charge in [-0.2, -0.15) is 4.98 Å². The summed E-state index contributed by atoms with van der Waals surface area (Å²) in [4.78, 5) is 20.9. The molecular weight excluding hydrogens is 390 g/mol. The summed E-state index contributed by atoms with van der Waals surface area (Å²) in [5, 5.41) is 2.72. The van der Waals surface area contributed by atoms with E-state index in [0.29, 0.717) is 28.4 Å². The first-order valence-corrected chi connectivity index (χ1v) is 10.6. The molecule has 1 N–H and O–H groups in total. The molecule has 0 spiro atoms. The molecule has 1 amide bonds. The van der Waals surface area contributed by atoms with Gasteiger partial charge in [0.25, 0.3) is 0 Å². The summed E-state index contributed by atoms with van der Waals surface area (Å²) < 4.78 is 30.3. The zero-order valence-electron chi connectivity index (χ0n) is 15.3. The van der Waals surface area contributed by atoms with Gasteiger partial charge in [0.05, 0.1) is 10.6 Å². The summed E-state index contributed by atoms with van der Waals surface area (Å²) in [5.41, 5.74) is 2.28. The molecule has 8 heteroatoms. The molecule has 0 saturated heterocycles. The highest BCUT2D eigenvalue weighted by Gasteiger charge is 2.16. The Hall–Kier alpha value is -3.52. The maximum Gasteiger partial charge on any atom is 0.228 e. The smallest absolute Gasteiger partial charge is 0.228 e. The highest BCUT2D eigenvalue weighted by molar-refractivity contribution is 7.91. The number of amides is 1. The lowest BCUT2D eigenvalue weighted by Gasteiger charge is -2.07. The fourth-order valence-electron chi connectivity index (χ4n) is 2.82. The van der Waals surface area contributed by atoms with Gasteiger partial charge in [-0.25, -0.2) is 13.4 Å². The molecule has 7 nitrogen and oxygen atoms in total. The van der Waals surface area contributed by atoms with Crippen molar-refractivity contribution in [1.29, 1.82) is 0 Å². The van der Waals surface area contributed by atoms with Crippen molar-refractivity contribution in [2.75, 3.05) is 11.1 Å². The molecule has 0 unspecified atom stereocenters. The molecule has 0 aliphatic heterocycles. The SMILES string of the molecule is O=C(CCS(=O)(=O)c1ccccc1)Nc1cccc(-c2nc3ncccc3o2)c1. The lowest BCUT2D eigenvalue weighted by Crippen LogP contribution is -2.17. The van der Waals surface area contributed by atoms with Gasteiger partial charge in [0.1, 0.15) is 0 Å². The van der Waals surface area contributed by atoms with E-state index in [1.165, 1.54) is 12.1 Å². The Morgan fingerprint density at radius 2 is 1.83 bits per heavy atom. The second kappa shape index (κ2) is 7.84. The van der Waals surface area contributed by atoms with Crippen molar-refractivity contribution in [3.63, 3.8) is 0 Å². The molecule has 2 aromatic carbocycles. The van der Waals surface area contributed by atoms with Crippen LogP contribution in [0.4, 0.5) is 5.69 Å². The number of oxazole rings is 1. The summed E-state index contributed by atoms with van der Waals surface area (Å²) in [6.45, 7) is 0. The van der Waals surface area contributed by atoms with Crippen molar-refractivity contribution in [1.82, 2.24) is 9.97 Å². The number of nitrogens with zero attached hydrogens (tertiary/aromatic N) is 2. The van der Waals surface area contributed by atoms with Crippen LogP contribution in [0.3, 0.4) is 0 Å². The van der Waals surface area contributed by atoms with Gasteiger partial charge in [0, 0.05) is 23.9 Å². The highest BCUT2D eigenvalue weighted by Crippen LogP contribution is 2.25. The highest BCUT2D eigenvalue weighted by atomic mass is 32.2. The van der Waals surface area contributed by atoms with Gasteiger partial charge in [0.15, 0.2) is 21.1 Å². The molecule has 0 fully saturated rings. The number of rotatable bonds is 6. The zero-order chi connectivity index (χ0) is 20.3. The van der Waals surface area contributed by atoms with Crippen molar-refractivity contribution < 1.29 is 17.6 Å². The molecule has 2 heterocycles.